The van der Waals surface area contributed by atoms with E-state index >= 15 is 0 Å². The Morgan fingerprint density at radius 3 is 2.54 bits per heavy atom. The monoisotopic (exact) mass is 349 g/mol. The molecule has 132 valence electrons. The molecule has 0 amide bonds. The minimum Gasteiger partial charge on any atom is -0.482 e. The quantitative estimate of drug-likeness (QED) is 0.663. The summed E-state index contributed by atoms with van der Waals surface area (Å²) in [5.41, 5.74) is 3.27. The number of benzene rings is 2. The highest BCUT2D eigenvalue weighted by atomic mass is 16.5. The van der Waals surface area contributed by atoms with Gasteiger partial charge in [-0.1, -0.05) is 42.0 Å². The van der Waals surface area contributed by atoms with Crippen LogP contribution in [0.25, 0.3) is 0 Å². The molecule has 26 heavy (non-hydrogen) atoms. The zero-order valence-corrected chi connectivity index (χ0v) is 14.4. The average Bonchev–Trinajstić information content (AvgIpc) is 3.08. The highest BCUT2D eigenvalue weighted by Crippen LogP contribution is 2.17. The molecule has 0 saturated heterocycles. The van der Waals surface area contributed by atoms with Crippen LogP contribution >= 0.6 is 0 Å². The predicted octanol–water partition coefficient (Wildman–Crippen LogP) is 3.54. The van der Waals surface area contributed by atoms with E-state index in [9.17, 15) is 9.59 Å². The molecule has 0 spiro atoms. The summed E-state index contributed by atoms with van der Waals surface area (Å²) in [6.45, 7) is 2.09. The minimum absolute atomic E-state index is 0.0340. The van der Waals surface area contributed by atoms with Crippen molar-refractivity contribution in [2.24, 2.45) is 0 Å². The van der Waals surface area contributed by atoms with Crippen molar-refractivity contribution in [3.8, 4) is 5.75 Å². The van der Waals surface area contributed by atoms with Gasteiger partial charge < -0.3 is 14.4 Å². The van der Waals surface area contributed by atoms with Gasteiger partial charge in [-0.3, -0.25) is 4.79 Å². The Labute approximate surface area is 151 Å². The third-order valence-corrected chi connectivity index (χ3v) is 3.99. The molecule has 0 aliphatic heterocycles. The second-order valence-corrected chi connectivity index (χ2v) is 6.05. The molecule has 3 aromatic rings. The van der Waals surface area contributed by atoms with Crippen molar-refractivity contribution < 1.29 is 19.4 Å². The van der Waals surface area contributed by atoms with Crippen molar-refractivity contribution in [3.63, 3.8) is 0 Å². The molecule has 0 unspecified atom stereocenters. The summed E-state index contributed by atoms with van der Waals surface area (Å²) in [5.74, 6) is -0.566. The SMILES string of the molecule is Cc1ccc(C(=O)c2cccn2Cc2cccc(OCC(=O)O)c2)cc1. The first kappa shape index (κ1) is 17.5. The predicted molar refractivity (Wildman–Crippen MR) is 97.7 cm³/mol. The number of carboxylic acids is 1. The summed E-state index contributed by atoms with van der Waals surface area (Å²) in [6, 6.07) is 18.3. The number of nitrogens with zero attached hydrogens (tertiary/aromatic N) is 1. The van der Waals surface area contributed by atoms with Gasteiger partial charge in [-0.25, -0.2) is 4.79 Å². The molecule has 5 heteroatoms. The van der Waals surface area contributed by atoms with Crippen molar-refractivity contribution in [2.75, 3.05) is 6.61 Å². The normalized spacial score (nSPS) is 10.5. The second kappa shape index (κ2) is 7.70. The van der Waals surface area contributed by atoms with E-state index in [4.69, 9.17) is 9.84 Å². The lowest BCUT2D eigenvalue weighted by Gasteiger charge is -2.10. The second-order valence-electron chi connectivity index (χ2n) is 6.05. The Kier molecular flexibility index (Phi) is 5.17. The first-order valence-electron chi connectivity index (χ1n) is 8.23. The number of carbonyl (C=O) groups is 2. The Morgan fingerprint density at radius 2 is 1.81 bits per heavy atom. The standard InChI is InChI=1S/C21H19NO4/c1-15-7-9-17(10-8-15)21(25)19-6-3-11-22(19)13-16-4-2-5-18(12-16)26-14-20(23)24/h2-12H,13-14H2,1H3,(H,23,24). The third-order valence-electron chi connectivity index (χ3n) is 3.99. The molecule has 0 aliphatic rings. The Hall–Kier alpha value is -3.34. The van der Waals surface area contributed by atoms with Crippen molar-refractivity contribution in [1.29, 1.82) is 0 Å². The largest absolute Gasteiger partial charge is 0.482 e. The van der Waals surface area contributed by atoms with E-state index in [0.717, 1.165) is 11.1 Å². The number of rotatable bonds is 7. The first-order valence-corrected chi connectivity index (χ1v) is 8.23. The van der Waals surface area contributed by atoms with Gasteiger partial charge >= 0.3 is 5.97 Å². The van der Waals surface area contributed by atoms with Gasteiger partial charge in [0.2, 0.25) is 5.78 Å². The van der Waals surface area contributed by atoms with Crippen molar-refractivity contribution >= 4 is 11.8 Å². The number of ketones is 1. The topological polar surface area (TPSA) is 68.5 Å². The van der Waals surface area contributed by atoms with Crippen LogP contribution in [0, 0.1) is 6.92 Å². The molecule has 3 rings (SSSR count). The smallest absolute Gasteiger partial charge is 0.341 e. The third kappa shape index (κ3) is 4.19. The lowest BCUT2D eigenvalue weighted by Crippen LogP contribution is -2.11. The first-order chi connectivity index (χ1) is 12.5. The number of aliphatic carboxylic acids is 1. The van der Waals surface area contributed by atoms with Crippen LogP contribution in [0.5, 0.6) is 5.75 Å². The maximum absolute atomic E-state index is 12.8. The Balaban J connectivity index is 1.79. The van der Waals surface area contributed by atoms with E-state index in [-0.39, 0.29) is 12.4 Å². The van der Waals surface area contributed by atoms with Crippen molar-refractivity contribution in [1.82, 2.24) is 4.57 Å². The molecular formula is C21H19NO4. The van der Waals surface area contributed by atoms with Gasteiger partial charge in [0.25, 0.3) is 0 Å². The van der Waals surface area contributed by atoms with E-state index < -0.39 is 5.97 Å². The maximum Gasteiger partial charge on any atom is 0.341 e. The average molecular weight is 349 g/mol. The molecule has 2 aromatic carbocycles. The van der Waals surface area contributed by atoms with Gasteiger partial charge in [-0.05, 0) is 36.8 Å². The summed E-state index contributed by atoms with van der Waals surface area (Å²) in [7, 11) is 0. The van der Waals surface area contributed by atoms with E-state index in [2.05, 4.69) is 0 Å². The lowest BCUT2D eigenvalue weighted by molar-refractivity contribution is -0.139. The molecule has 5 nitrogen and oxygen atoms in total. The van der Waals surface area contributed by atoms with Crippen molar-refractivity contribution in [3.05, 3.63) is 89.2 Å². The molecular weight excluding hydrogens is 330 g/mol. The van der Waals surface area contributed by atoms with Crippen LogP contribution in [0.2, 0.25) is 0 Å². The van der Waals surface area contributed by atoms with Gasteiger partial charge in [0.05, 0.1) is 5.69 Å². The molecule has 1 heterocycles. The van der Waals surface area contributed by atoms with Crippen LogP contribution in [-0.2, 0) is 11.3 Å². The summed E-state index contributed by atoms with van der Waals surface area (Å²) >= 11 is 0. The van der Waals surface area contributed by atoms with Crippen LogP contribution in [0.3, 0.4) is 0 Å². The van der Waals surface area contributed by atoms with Crippen LogP contribution in [0.1, 0.15) is 27.2 Å². The summed E-state index contributed by atoms with van der Waals surface area (Å²) < 4.78 is 7.08. The number of hydrogen-bond acceptors (Lipinski definition) is 3. The molecule has 0 saturated carbocycles. The number of aryl methyl sites for hydroxylation is 1. The highest BCUT2D eigenvalue weighted by molar-refractivity contribution is 6.08. The maximum atomic E-state index is 12.8. The number of ether oxygens (including phenoxy) is 1. The molecule has 0 bridgehead atoms. The molecule has 1 aromatic heterocycles. The fourth-order valence-electron chi connectivity index (χ4n) is 2.69. The summed E-state index contributed by atoms with van der Waals surface area (Å²) in [4.78, 5) is 23.4. The van der Waals surface area contributed by atoms with Gasteiger partial charge in [0.1, 0.15) is 5.75 Å². The molecule has 1 N–H and O–H groups in total. The summed E-state index contributed by atoms with van der Waals surface area (Å²) in [6.07, 6.45) is 1.85. The highest BCUT2D eigenvalue weighted by Gasteiger charge is 2.13. The Bertz CT molecular complexity index is 925. The molecule has 0 aliphatic carbocycles. The van der Waals surface area contributed by atoms with E-state index in [1.807, 2.05) is 54.1 Å². The molecule has 0 atom stereocenters. The minimum atomic E-state index is -1.02. The van der Waals surface area contributed by atoms with Crippen LogP contribution in [-0.4, -0.2) is 28.0 Å². The van der Waals surface area contributed by atoms with Crippen molar-refractivity contribution in [2.45, 2.75) is 13.5 Å². The van der Waals surface area contributed by atoms with E-state index in [0.29, 0.717) is 23.6 Å². The molecule has 0 fully saturated rings. The number of hydrogen-bond donors (Lipinski definition) is 1. The fraction of sp³-hybridized carbons (Fsp3) is 0.143. The van der Waals surface area contributed by atoms with E-state index in [1.54, 1.807) is 24.3 Å². The van der Waals surface area contributed by atoms with Crippen LogP contribution in [0.15, 0.2) is 66.9 Å². The number of carboxylic acid groups (broad SMARTS) is 1. The number of aromatic nitrogens is 1. The van der Waals surface area contributed by atoms with Crippen LogP contribution < -0.4 is 4.74 Å². The van der Waals surface area contributed by atoms with Gasteiger partial charge in [0.15, 0.2) is 6.61 Å². The van der Waals surface area contributed by atoms with Gasteiger partial charge in [0, 0.05) is 18.3 Å². The lowest BCUT2D eigenvalue weighted by atomic mass is 10.1. The van der Waals surface area contributed by atoms with E-state index in [1.165, 1.54) is 0 Å². The number of carbonyl (C=O) groups excluding carboxylic acids is 1. The molecule has 0 radical (unpaired) electrons. The Morgan fingerprint density at radius 1 is 1.04 bits per heavy atom. The van der Waals surface area contributed by atoms with Crippen LogP contribution in [0.4, 0.5) is 0 Å². The van der Waals surface area contributed by atoms with Gasteiger partial charge in [-0.2, -0.15) is 0 Å². The summed E-state index contributed by atoms with van der Waals surface area (Å²) in [5, 5.41) is 8.71. The van der Waals surface area contributed by atoms with Gasteiger partial charge in [-0.15, -0.1) is 0 Å². The zero-order chi connectivity index (χ0) is 18.5. The zero-order valence-electron chi connectivity index (χ0n) is 14.4. The fourth-order valence-corrected chi connectivity index (χ4v) is 2.69.